The van der Waals surface area contributed by atoms with Crippen molar-refractivity contribution in [2.45, 2.75) is 38.4 Å². The van der Waals surface area contributed by atoms with Crippen LogP contribution in [0.3, 0.4) is 0 Å². The molecule has 0 bridgehead atoms. The molecule has 3 aromatic rings. The molecule has 3 aromatic carbocycles. The molecule has 7 heteroatoms. The van der Waals surface area contributed by atoms with Crippen LogP contribution in [-0.4, -0.2) is 37.0 Å². The number of rotatable bonds is 8. The average molecular weight is 501 g/mol. The molecule has 0 amide bonds. The summed E-state index contributed by atoms with van der Waals surface area (Å²) in [6, 6.07) is 22.2. The Bertz CT molecular complexity index is 1190. The fraction of sp³-hybridized carbons (Fsp3) is 0.333. The first-order valence-corrected chi connectivity index (χ1v) is 13.7. The monoisotopic (exact) mass is 500 g/mol. The summed E-state index contributed by atoms with van der Waals surface area (Å²) in [7, 11) is -3.40. The van der Waals surface area contributed by atoms with E-state index in [1.165, 1.54) is 28.3 Å². The van der Waals surface area contributed by atoms with Gasteiger partial charge in [0.2, 0.25) is 10.0 Å². The second-order valence-corrected chi connectivity index (χ2v) is 11.5. The van der Waals surface area contributed by atoms with Crippen LogP contribution in [0.1, 0.15) is 41.0 Å². The van der Waals surface area contributed by atoms with Crippen LogP contribution in [0.15, 0.2) is 72.8 Å². The largest absolute Gasteiger partial charge is 0.299 e. The third-order valence-electron chi connectivity index (χ3n) is 6.49. The smallest absolute Gasteiger partial charge is 0.211 e. The van der Waals surface area contributed by atoms with Gasteiger partial charge in [-0.25, -0.2) is 12.8 Å². The van der Waals surface area contributed by atoms with Crippen molar-refractivity contribution in [1.29, 1.82) is 0 Å². The molecule has 34 heavy (non-hydrogen) atoms. The molecule has 1 saturated heterocycles. The lowest BCUT2D eigenvalue weighted by atomic mass is 9.86. The highest BCUT2D eigenvalue weighted by atomic mass is 35.5. The van der Waals surface area contributed by atoms with Gasteiger partial charge in [-0.15, -0.1) is 0 Å². The summed E-state index contributed by atoms with van der Waals surface area (Å²) in [5.41, 5.74) is 4.31. The minimum absolute atomic E-state index is 0.210. The number of likely N-dealkylation sites (tertiary alicyclic amines) is 1. The fourth-order valence-electron chi connectivity index (χ4n) is 4.60. The van der Waals surface area contributed by atoms with E-state index in [0.29, 0.717) is 24.0 Å². The number of hydrogen-bond acceptors (Lipinski definition) is 3. The van der Waals surface area contributed by atoms with Crippen LogP contribution in [0.5, 0.6) is 0 Å². The molecule has 0 unspecified atom stereocenters. The summed E-state index contributed by atoms with van der Waals surface area (Å²) in [5, 5.41) is 0.630. The molecule has 0 radical (unpaired) electrons. The van der Waals surface area contributed by atoms with Crippen LogP contribution in [-0.2, 0) is 29.7 Å². The van der Waals surface area contributed by atoms with Gasteiger partial charge in [0.1, 0.15) is 5.82 Å². The van der Waals surface area contributed by atoms with Crippen molar-refractivity contribution in [2.24, 2.45) is 0 Å². The molecular formula is C27H30ClFN2O2S. The lowest BCUT2D eigenvalue weighted by Crippen LogP contribution is -2.33. The van der Waals surface area contributed by atoms with Crippen molar-refractivity contribution in [3.63, 3.8) is 0 Å². The van der Waals surface area contributed by atoms with Crippen LogP contribution in [0.25, 0.3) is 0 Å². The van der Waals surface area contributed by atoms with E-state index >= 15 is 0 Å². The average Bonchev–Trinajstić information content (AvgIpc) is 2.82. The van der Waals surface area contributed by atoms with Crippen LogP contribution in [0, 0.1) is 5.82 Å². The van der Waals surface area contributed by atoms with Gasteiger partial charge in [-0.05, 0) is 78.4 Å². The Balaban J connectivity index is 1.44. The highest BCUT2D eigenvalue weighted by molar-refractivity contribution is 7.88. The van der Waals surface area contributed by atoms with Crippen LogP contribution in [0.4, 0.5) is 4.39 Å². The summed E-state index contributed by atoms with van der Waals surface area (Å²) in [6.45, 7) is 3.37. The summed E-state index contributed by atoms with van der Waals surface area (Å²) in [5.74, 6) is 0.177. The number of benzene rings is 3. The minimum Gasteiger partial charge on any atom is -0.299 e. The standard InChI is InChI=1S/C27H30ClFN2O2S/c1-34(32,33)31(19-22-6-10-25(28)11-7-22)20-24-4-2-3-5-27(24)23-14-16-30(17-15-23)18-21-8-12-26(29)13-9-21/h2-13,23H,14-20H2,1H3. The van der Waals surface area contributed by atoms with E-state index in [1.54, 1.807) is 12.1 Å². The second kappa shape index (κ2) is 11.0. The first-order chi connectivity index (χ1) is 16.3. The van der Waals surface area contributed by atoms with Gasteiger partial charge in [0, 0.05) is 24.7 Å². The molecule has 0 atom stereocenters. The normalized spacial score (nSPS) is 15.6. The Morgan fingerprint density at radius 2 is 1.53 bits per heavy atom. The van der Waals surface area contributed by atoms with Crippen LogP contribution < -0.4 is 0 Å². The summed E-state index contributed by atoms with van der Waals surface area (Å²) >= 11 is 5.99. The van der Waals surface area contributed by atoms with Gasteiger partial charge in [-0.3, -0.25) is 4.90 Å². The van der Waals surface area contributed by atoms with Gasteiger partial charge in [-0.2, -0.15) is 4.31 Å². The molecule has 1 heterocycles. The van der Waals surface area contributed by atoms with Crippen molar-refractivity contribution >= 4 is 21.6 Å². The van der Waals surface area contributed by atoms with Crippen molar-refractivity contribution in [3.05, 3.63) is 106 Å². The van der Waals surface area contributed by atoms with Gasteiger partial charge >= 0.3 is 0 Å². The number of halogens is 2. The lowest BCUT2D eigenvalue weighted by Gasteiger charge is -2.33. The molecule has 1 fully saturated rings. The molecule has 0 N–H and O–H groups in total. The quantitative estimate of drug-likeness (QED) is 0.391. The van der Waals surface area contributed by atoms with Gasteiger partial charge in [0.05, 0.1) is 6.26 Å². The molecule has 0 spiro atoms. The second-order valence-electron chi connectivity index (χ2n) is 9.03. The van der Waals surface area contributed by atoms with E-state index in [-0.39, 0.29) is 5.82 Å². The summed E-state index contributed by atoms with van der Waals surface area (Å²) in [6.07, 6.45) is 3.28. The Labute approximate surface area is 207 Å². The fourth-order valence-corrected chi connectivity index (χ4v) is 5.48. The maximum Gasteiger partial charge on any atom is 0.211 e. The highest BCUT2D eigenvalue weighted by Gasteiger charge is 2.25. The zero-order chi connectivity index (χ0) is 24.1. The maximum absolute atomic E-state index is 13.2. The third kappa shape index (κ3) is 6.66. The van der Waals surface area contributed by atoms with Gasteiger partial charge in [0.15, 0.2) is 0 Å². The Morgan fingerprint density at radius 1 is 0.912 bits per heavy atom. The minimum atomic E-state index is -3.40. The van der Waals surface area contributed by atoms with E-state index in [1.807, 2.05) is 42.5 Å². The van der Waals surface area contributed by atoms with E-state index in [4.69, 9.17) is 11.6 Å². The van der Waals surface area contributed by atoms with Gasteiger partial charge in [-0.1, -0.05) is 60.1 Å². The molecule has 1 aliphatic rings. The number of sulfonamides is 1. The SMILES string of the molecule is CS(=O)(=O)N(Cc1ccc(Cl)cc1)Cc1ccccc1C1CCN(Cc2ccc(F)cc2)CC1. The summed E-state index contributed by atoms with van der Waals surface area (Å²) < 4.78 is 39.9. The maximum atomic E-state index is 13.2. The van der Waals surface area contributed by atoms with Crippen LogP contribution >= 0.6 is 11.6 Å². The molecule has 180 valence electrons. The zero-order valence-corrected chi connectivity index (χ0v) is 20.9. The van der Waals surface area contributed by atoms with E-state index in [0.717, 1.165) is 49.2 Å². The molecule has 0 aromatic heterocycles. The predicted molar refractivity (Wildman–Crippen MR) is 136 cm³/mol. The van der Waals surface area contributed by atoms with Crippen LogP contribution in [0.2, 0.25) is 5.02 Å². The van der Waals surface area contributed by atoms with Crippen molar-refractivity contribution < 1.29 is 12.8 Å². The van der Waals surface area contributed by atoms with Gasteiger partial charge < -0.3 is 0 Å². The molecule has 4 nitrogen and oxygen atoms in total. The summed E-state index contributed by atoms with van der Waals surface area (Å²) in [4.78, 5) is 2.40. The lowest BCUT2D eigenvalue weighted by molar-refractivity contribution is 0.204. The van der Waals surface area contributed by atoms with E-state index in [9.17, 15) is 12.8 Å². The van der Waals surface area contributed by atoms with Crippen molar-refractivity contribution in [2.75, 3.05) is 19.3 Å². The third-order valence-corrected chi connectivity index (χ3v) is 7.94. The Morgan fingerprint density at radius 3 is 2.18 bits per heavy atom. The number of hydrogen-bond donors (Lipinski definition) is 0. The Hall–Kier alpha value is -2.25. The van der Waals surface area contributed by atoms with Crippen molar-refractivity contribution in [1.82, 2.24) is 9.21 Å². The first-order valence-electron chi connectivity index (χ1n) is 11.5. The first kappa shape index (κ1) is 24.9. The van der Waals surface area contributed by atoms with Crippen molar-refractivity contribution in [3.8, 4) is 0 Å². The highest BCUT2D eigenvalue weighted by Crippen LogP contribution is 2.32. The molecule has 1 aliphatic heterocycles. The van der Waals surface area contributed by atoms with Gasteiger partial charge in [0.25, 0.3) is 0 Å². The van der Waals surface area contributed by atoms with E-state index < -0.39 is 10.0 Å². The Kier molecular flexibility index (Phi) is 8.04. The molecule has 4 rings (SSSR count). The molecular weight excluding hydrogens is 471 g/mol. The predicted octanol–water partition coefficient (Wildman–Crippen LogP) is 5.82. The van der Waals surface area contributed by atoms with E-state index in [2.05, 4.69) is 11.0 Å². The number of piperidine rings is 1. The topological polar surface area (TPSA) is 40.6 Å². The number of nitrogens with zero attached hydrogens (tertiary/aromatic N) is 2. The zero-order valence-electron chi connectivity index (χ0n) is 19.3. The molecule has 0 aliphatic carbocycles. The molecule has 0 saturated carbocycles.